The van der Waals surface area contributed by atoms with Gasteiger partial charge in [0.25, 0.3) is 0 Å². The molecule has 0 bridgehead atoms. The Balaban J connectivity index is 2.22. The molecule has 0 saturated heterocycles. The third kappa shape index (κ3) is 3.19. The van der Waals surface area contributed by atoms with Crippen molar-refractivity contribution in [3.8, 4) is 0 Å². The number of aromatic nitrogens is 2. The summed E-state index contributed by atoms with van der Waals surface area (Å²) in [4.78, 5) is 11.4. The number of aliphatic carboxylic acids is 1. The summed E-state index contributed by atoms with van der Waals surface area (Å²) in [5, 5.41) is 17.0. The minimum atomic E-state index is -0.956. The third-order valence-electron chi connectivity index (χ3n) is 2.83. The number of hydrogen-bond donors (Lipinski definition) is 1. The normalized spacial score (nSPS) is 12.6. The minimum Gasteiger partial charge on any atom is -0.481 e. The van der Waals surface area contributed by atoms with Crippen molar-refractivity contribution in [2.75, 3.05) is 0 Å². The molecule has 100 valence electrons. The van der Waals surface area contributed by atoms with Crippen LogP contribution >= 0.6 is 0 Å². The molecule has 1 aromatic heterocycles. The van der Waals surface area contributed by atoms with E-state index in [1.54, 1.807) is 0 Å². The molecule has 0 aliphatic heterocycles. The fraction of sp³-hybridized carbons (Fsp3) is 0.357. The highest BCUT2D eigenvalue weighted by Gasteiger charge is 2.26. The van der Waals surface area contributed by atoms with Crippen molar-refractivity contribution in [2.45, 2.75) is 32.1 Å². The van der Waals surface area contributed by atoms with Crippen LogP contribution in [0.3, 0.4) is 0 Å². The molecule has 1 N–H and O–H groups in total. The molecule has 5 heteroatoms. The van der Waals surface area contributed by atoms with Crippen LogP contribution in [-0.2, 0) is 11.2 Å². The first kappa shape index (κ1) is 13.3. The van der Waals surface area contributed by atoms with Crippen LogP contribution in [0.15, 0.2) is 34.7 Å². The maximum atomic E-state index is 11.4. The van der Waals surface area contributed by atoms with Crippen LogP contribution in [-0.4, -0.2) is 21.3 Å². The monoisotopic (exact) mass is 260 g/mol. The standard InChI is InChI=1S/C14H16N2O3/c1-9(2)12-15-16-13(19-12)11(14(17)18)8-10-6-4-3-5-7-10/h3-7,9,11H,8H2,1-2H3,(H,17,18). The van der Waals surface area contributed by atoms with Crippen molar-refractivity contribution in [3.63, 3.8) is 0 Å². The van der Waals surface area contributed by atoms with Crippen molar-refractivity contribution in [2.24, 2.45) is 0 Å². The van der Waals surface area contributed by atoms with Gasteiger partial charge in [-0.15, -0.1) is 10.2 Å². The minimum absolute atomic E-state index is 0.0902. The van der Waals surface area contributed by atoms with E-state index in [2.05, 4.69) is 10.2 Å². The van der Waals surface area contributed by atoms with E-state index < -0.39 is 11.9 Å². The third-order valence-corrected chi connectivity index (χ3v) is 2.83. The highest BCUT2D eigenvalue weighted by atomic mass is 16.4. The van der Waals surface area contributed by atoms with Crippen LogP contribution in [0.1, 0.15) is 43.0 Å². The predicted molar refractivity (Wildman–Crippen MR) is 68.9 cm³/mol. The number of benzene rings is 1. The van der Waals surface area contributed by atoms with Crippen LogP contribution in [0.25, 0.3) is 0 Å². The average molecular weight is 260 g/mol. The fourth-order valence-electron chi connectivity index (χ4n) is 1.75. The molecule has 2 rings (SSSR count). The van der Waals surface area contributed by atoms with E-state index in [1.165, 1.54) is 0 Å². The Morgan fingerprint density at radius 3 is 2.37 bits per heavy atom. The first-order valence-electron chi connectivity index (χ1n) is 6.18. The molecule has 0 spiro atoms. The zero-order valence-corrected chi connectivity index (χ0v) is 10.9. The summed E-state index contributed by atoms with van der Waals surface area (Å²) in [6, 6.07) is 9.41. The summed E-state index contributed by atoms with van der Waals surface area (Å²) in [5.74, 6) is -1.04. The van der Waals surface area contributed by atoms with Gasteiger partial charge in [0.1, 0.15) is 5.92 Å². The molecule has 0 radical (unpaired) electrons. The zero-order chi connectivity index (χ0) is 13.8. The van der Waals surface area contributed by atoms with Crippen LogP contribution in [0, 0.1) is 0 Å². The van der Waals surface area contributed by atoms with Gasteiger partial charge in [0.05, 0.1) is 0 Å². The molecule has 1 heterocycles. The number of carboxylic acid groups (broad SMARTS) is 1. The van der Waals surface area contributed by atoms with Crippen LogP contribution in [0.4, 0.5) is 0 Å². The van der Waals surface area contributed by atoms with Crippen molar-refractivity contribution < 1.29 is 14.3 Å². The second kappa shape index (κ2) is 5.65. The van der Waals surface area contributed by atoms with Gasteiger partial charge in [-0.1, -0.05) is 44.2 Å². The number of rotatable bonds is 5. The molecule has 0 aliphatic carbocycles. The smallest absolute Gasteiger partial charge is 0.316 e. The lowest BCUT2D eigenvalue weighted by Crippen LogP contribution is -2.14. The van der Waals surface area contributed by atoms with E-state index in [0.29, 0.717) is 12.3 Å². The van der Waals surface area contributed by atoms with Crippen molar-refractivity contribution in [3.05, 3.63) is 47.7 Å². The second-order valence-electron chi connectivity index (χ2n) is 4.71. The predicted octanol–water partition coefficient (Wildman–Crippen LogP) is 2.60. The van der Waals surface area contributed by atoms with E-state index in [0.717, 1.165) is 5.56 Å². The molecule has 19 heavy (non-hydrogen) atoms. The number of carboxylic acids is 1. The van der Waals surface area contributed by atoms with Gasteiger partial charge in [-0.05, 0) is 12.0 Å². The lowest BCUT2D eigenvalue weighted by molar-refractivity contribution is -0.139. The summed E-state index contributed by atoms with van der Waals surface area (Å²) >= 11 is 0. The quantitative estimate of drug-likeness (QED) is 0.894. The van der Waals surface area contributed by atoms with Gasteiger partial charge in [-0.2, -0.15) is 0 Å². The van der Waals surface area contributed by atoms with E-state index >= 15 is 0 Å². The Kier molecular flexibility index (Phi) is 3.94. The van der Waals surface area contributed by atoms with Crippen LogP contribution in [0.5, 0.6) is 0 Å². The van der Waals surface area contributed by atoms with Gasteiger partial charge in [0, 0.05) is 5.92 Å². The van der Waals surface area contributed by atoms with Crippen LogP contribution < -0.4 is 0 Å². The molecule has 1 aromatic carbocycles. The van der Waals surface area contributed by atoms with Gasteiger partial charge >= 0.3 is 5.97 Å². The van der Waals surface area contributed by atoms with Gasteiger partial charge in [-0.3, -0.25) is 4.79 Å². The lowest BCUT2D eigenvalue weighted by Gasteiger charge is -2.07. The highest BCUT2D eigenvalue weighted by Crippen LogP contribution is 2.22. The first-order valence-corrected chi connectivity index (χ1v) is 6.18. The number of hydrogen-bond acceptors (Lipinski definition) is 4. The Morgan fingerprint density at radius 2 is 1.84 bits per heavy atom. The average Bonchev–Trinajstić information content (AvgIpc) is 2.86. The molecule has 0 amide bonds. The van der Waals surface area contributed by atoms with Crippen molar-refractivity contribution in [1.29, 1.82) is 0 Å². The summed E-state index contributed by atoms with van der Waals surface area (Å²) in [6.45, 7) is 3.84. The van der Waals surface area contributed by atoms with Crippen LogP contribution in [0.2, 0.25) is 0 Å². The van der Waals surface area contributed by atoms with Gasteiger partial charge < -0.3 is 9.52 Å². The number of carbonyl (C=O) groups is 1. The number of nitrogens with zero attached hydrogens (tertiary/aromatic N) is 2. The molecule has 0 fully saturated rings. The molecule has 5 nitrogen and oxygen atoms in total. The molecule has 0 saturated carbocycles. The van der Waals surface area contributed by atoms with E-state index in [9.17, 15) is 9.90 Å². The summed E-state index contributed by atoms with van der Waals surface area (Å²) in [6.07, 6.45) is 0.343. The summed E-state index contributed by atoms with van der Waals surface area (Å²) < 4.78 is 5.44. The van der Waals surface area contributed by atoms with Crippen molar-refractivity contribution in [1.82, 2.24) is 10.2 Å². The van der Waals surface area contributed by atoms with E-state index in [4.69, 9.17) is 4.42 Å². The lowest BCUT2D eigenvalue weighted by atomic mass is 9.99. The first-order chi connectivity index (χ1) is 9.08. The maximum Gasteiger partial charge on any atom is 0.316 e. The SMILES string of the molecule is CC(C)c1nnc(C(Cc2ccccc2)C(=O)O)o1. The van der Waals surface area contributed by atoms with E-state index in [-0.39, 0.29) is 11.8 Å². The maximum absolute atomic E-state index is 11.4. The Hall–Kier alpha value is -2.17. The molecule has 1 atom stereocenters. The molecule has 1 unspecified atom stereocenters. The molecule has 0 aliphatic rings. The van der Waals surface area contributed by atoms with Gasteiger partial charge in [0.2, 0.25) is 11.8 Å². The Labute approximate surface area is 111 Å². The van der Waals surface area contributed by atoms with Gasteiger partial charge in [0.15, 0.2) is 0 Å². The Morgan fingerprint density at radius 1 is 1.21 bits per heavy atom. The van der Waals surface area contributed by atoms with Gasteiger partial charge in [-0.25, -0.2) is 0 Å². The summed E-state index contributed by atoms with van der Waals surface area (Å²) in [7, 11) is 0. The topological polar surface area (TPSA) is 76.2 Å². The second-order valence-corrected chi connectivity index (χ2v) is 4.71. The molecular weight excluding hydrogens is 244 g/mol. The summed E-state index contributed by atoms with van der Waals surface area (Å²) in [5.41, 5.74) is 0.930. The molecule has 2 aromatic rings. The Bertz CT molecular complexity index is 549. The van der Waals surface area contributed by atoms with E-state index in [1.807, 2.05) is 44.2 Å². The highest BCUT2D eigenvalue weighted by molar-refractivity contribution is 5.75. The largest absolute Gasteiger partial charge is 0.481 e. The van der Waals surface area contributed by atoms with Crippen molar-refractivity contribution >= 4 is 5.97 Å². The molecular formula is C14H16N2O3. The fourth-order valence-corrected chi connectivity index (χ4v) is 1.75. The zero-order valence-electron chi connectivity index (χ0n) is 10.9.